The molecule has 0 aliphatic rings. The van der Waals surface area contributed by atoms with Crippen molar-refractivity contribution in [3.8, 4) is 11.4 Å². The van der Waals surface area contributed by atoms with Gasteiger partial charge in [-0.2, -0.15) is 0 Å². The number of nitrogens with zero attached hydrogens (tertiary/aromatic N) is 2. The molecule has 7 heteroatoms. The number of aryl methyl sites for hydroxylation is 2. The van der Waals surface area contributed by atoms with Crippen molar-refractivity contribution in [2.75, 3.05) is 5.32 Å². The second-order valence-corrected chi connectivity index (χ2v) is 5.50. The smallest absolute Gasteiger partial charge is 0.272 e. The first-order valence-electron chi connectivity index (χ1n) is 7.34. The minimum atomic E-state index is -0.573. The Balaban J connectivity index is 1.92. The van der Waals surface area contributed by atoms with Gasteiger partial charge < -0.3 is 20.6 Å². The number of primary amides is 1. The van der Waals surface area contributed by atoms with Crippen molar-refractivity contribution in [2.24, 2.45) is 12.8 Å². The summed E-state index contributed by atoms with van der Waals surface area (Å²) < 4.78 is 1.56. The number of rotatable bonds is 4. The summed E-state index contributed by atoms with van der Waals surface area (Å²) >= 11 is 0. The zero-order valence-corrected chi connectivity index (χ0v) is 13.3. The van der Waals surface area contributed by atoms with E-state index in [1.165, 1.54) is 12.3 Å². The third-order valence-corrected chi connectivity index (χ3v) is 3.66. The Labute approximate surface area is 138 Å². The molecule has 3 aromatic rings. The van der Waals surface area contributed by atoms with Crippen molar-refractivity contribution in [3.63, 3.8) is 0 Å². The maximum absolute atomic E-state index is 12.5. The fourth-order valence-electron chi connectivity index (χ4n) is 2.46. The molecule has 0 aliphatic heterocycles. The predicted molar refractivity (Wildman–Crippen MR) is 90.6 cm³/mol. The molecule has 0 radical (unpaired) electrons. The van der Waals surface area contributed by atoms with Crippen LogP contribution in [0.1, 0.15) is 26.5 Å². The summed E-state index contributed by atoms with van der Waals surface area (Å²) in [6.07, 6.45) is 3.25. The summed E-state index contributed by atoms with van der Waals surface area (Å²) in [4.78, 5) is 31.2. The molecule has 2 aromatic heterocycles. The Kier molecular flexibility index (Phi) is 3.91. The molecule has 3 rings (SSSR count). The van der Waals surface area contributed by atoms with Crippen LogP contribution in [0.25, 0.3) is 11.4 Å². The van der Waals surface area contributed by atoms with E-state index in [1.807, 2.05) is 25.1 Å². The molecule has 0 saturated carbocycles. The largest absolute Gasteiger partial charge is 0.366 e. The number of carbonyl (C=O) groups excluding carboxylic acids is 2. The van der Waals surface area contributed by atoms with Crippen LogP contribution >= 0.6 is 0 Å². The first-order valence-corrected chi connectivity index (χ1v) is 7.34. The Morgan fingerprint density at radius 2 is 2.04 bits per heavy atom. The van der Waals surface area contributed by atoms with Crippen LogP contribution in [0.3, 0.4) is 0 Å². The Morgan fingerprint density at radius 1 is 1.29 bits per heavy atom. The van der Waals surface area contributed by atoms with Gasteiger partial charge in [-0.15, -0.1) is 0 Å². The topological polar surface area (TPSA) is 106 Å². The Hall–Kier alpha value is -3.35. The highest BCUT2D eigenvalue weighted by Crippen LogP contribution is 2.26. The van der Waals surface area contributed by atoms with Crippen molar-refractivity contribution in [3.05, 3.63) is 59.7 Å². The molecule has 0 spiro atoms. The summed E-state index contributed by atoms with van der Waals surface area (Å²) in [5.74, 6) is -0.232. The number of carbonyl (C=O) groups is 2. The molecule has 0 fully saturated rings. The number of H-pyrrole nitrogens is 1. The zero-order valence-electron chi connectivity index (χ0n) is 13.3. The average molecular weight is 323 g/mol. The lowest BCUT2D eigenvalue weighted by Gasteiger charge is -2.10. The molecule has 0 aliphatic carbocycles. The molecule has 122 valence electrons. The molecular formula is C17H17N5O2. The third kappa shape index (κ3) is 2.91. The molecule has 2 amide bonds. The molecule has 0 saturated heterocycles. The van der Waals surface area contributed by atoms with Crippen LogP contribution < -0.4 is 11.1 Å². The van der Waals surface area contributed by atoms with Gasteiger partial charge in [-0.25, -0.2) is 4.98 Å². The minimum absolute atomic E-state index is 0.289. The van der Waals surface area contributed by atoms with E-state index in [-0.39, 0.29) is 11.5 Å². The Bertz CT molecular complexity index is 923. The van der Waals surface area contributed by atoms with Gasteiger partial charge >= 0.3 is 0 Å². The van der Waals surface area contributed by atoms with E-state index in [2.05, 4.69) is 15.3 Å². The second-order valence-electron chi connectivity index (χ2n) is 5.50. The lowest BCUT2D eigenvalue weighted by Crippen LogP contribution is -2.16. The number of anilines is 1. The van der Waals surface area contributed by atoms with Gasteiger partial charge in [-0.3, -0.25) is 9.59 Å². The van der Waals surface area contributed by atoms with Gasteiger partial charge in [-0.1, -0.05) is 12.1 Å². The maximum Gasteiger partial charge on any atom is 0.272 e. The number of para-hydroxylation sites is 1. The van der Waals surface area contributed by atoms with Crippen LogP contribution in [0.5, 0.6) is 0 Å². The maximum atomic E-state index is 12.5. The normalized spacial score (nSPS) is 10.6. The lowest BCUT2D eigenvalue weighted by atomic mass is 10.1. The zero-order chi connectivity index (χ0) is 17.3. The van der Waals surface area contributed by atoms with E-state index in [4.69, 9.17) is 5.73 Å². The van der Waals surface area contributed by atoms with E-state index < -0.39 is 5.91 Å². The number of nitrogens with one attached hydrogen (secondary N) is 2. The van der Waals surface area contributed by atoms with Crippen molar-refractivity contribution in [2.45, 2.75) is 6.92 Å². The third-order valence-electron chi connectivity index (χ3n) is 3.66. The van der Waals surface area contributed by atoms with Crippen molar-refractivity contribution in [1.82, 2.24) is 14.5 Å². The first-order chi connectivity index (χ1) is 11.5. The van der Waals surface area contributed by atoms with Crippen LogP contribution in [0.15, 0.2) is 42.7 Å². The molecular weight excluding hydrogens is 306 g/mol. The van der Waals surface area contributed by atoms with Crippen molar-refractivity contribution < 1.29 is 9.59 Å². The highest BCUT2D eigenvalue weighted by Gasteiger charge is 2.16. The fraction of sp³-hybridized carbons (Fsp3) is 0.118. The van der Waals surface area contributed by atoms with Gasteiger partial charge in [0.05, 0.1) is 11.3 Å². The van der Waals surface area contributed by atoms with E-state index in [0.29, 0.717) is 17.2 Å². The predicted octanol–water partition coefficient (Wildman–Crippen LogP) is 2.07. The number of hydrogen-bond donors (Lipinski definition) is 3. The fourth-order valence-corrected chi connectivity index (χ4v) is 2.46. The van der Waals surface area contributed by atoms with E-state index in [1.54, 1.807) is 23.9 Å². The second kappa shape index (κ2) is 6.04. The van der Waals surface area contributed by atoms with Gasteiger partial charge in [0.15, 0.2) is 0 Å². The van der Waals surface area contributed by atoms with Crippen molar-refractivity contribution >= 4 is 17.5 Å². The molecule has 0 unspecified atom stereocenters. The summed E-state index contributed by atoms with van der Waals surface area (Å²) in [6, 6.07) is 8.83. The lowest BCUT2D eigenvalue weighted by molar-refractivity contribution is 0.0998. The van der Waals surface area contributed by atoms with Gasteiger partial charge in [0.2, 0.25) is 5.91 Å². The summed E-state index contributed by atoms with van der Waals surface area (Å²) in [5.41, 5.74) is 8.22. The molecule has 4 N–H and O–H groups in total. The molecule has 0 bridgehead atoms. The molecule has 7 nitrogen and oxygen atoms in total. The number of aromatic amines is 1. The number of imidazole rings is 1. The standard InChI is InChI=1S/C17H17N5O2/c1-10-8-19-16(20-10)12-5-3-4-6-13(12)21-17(24)14-7-11(15(18)23)9-22(14)2/h3-9H,1-2H3,(H2,18,23)(H,19,20)(H,21,24). The Morgan fingerprint density at radius 3 is 2.67 bits per heavy atom. The van der Waals surface area contributed by atoms with Gasteiger partial charge in [0.1, 0.15) is 11.5 Å². The van der Waals surface area contributed by atoms with Crippen LogP contribution in [0.2, 0.25) is 0 Å². The number of nitrogens with two attached hydrogens (primary N) is 1. The summed E-state index contributed by atoms with van der Waals surface area (Å²) in [6.45, 7) is 1.91. The monoisotopic (exact) mass is 323 g/mol. The van der Waals surface area contributed by atoms with Gasteiger partial charge in [0, 0.05) is 30.7 Å². The molecule has 0 atom stereocenters. The number of aromatic nitrogens is 3. The SMILES string of the molecule is Cc1cnc(-c2ccccc2NC(=O)c2cc(C(N)=O)cn2C)[nH]1. The number of benzene rings is 1. The highest BCUT2D eigenvalue weighted by molar-refractivity contribution is 6.06. The molecule has 24 heavy (non-hydrogen) atoms. The summed E-state index contributed by atoms with van der Waals surface area (Å²) in [5, 5.41) is 2.86. The first kappa shape index (κ1) is 15.5. The number of hydrogen-bond acceptors (Lipinski definition) is 3. The molecule has 1 aromatic carbocycles. The average Bonchev–Trinajstić information content (AvgIpc) is 3.14. The minimum Gasteiger partial charge on any atom is -0.366 e. The van der Waals surface area contributed by atoms with Crippen LogP contribution in [0, 0.1) is 6.92 Å². The quantitative estimate of drug-likeness (QED) is 0.684. The highest BCUT2D eigenvalue weighted by atomic mass is 16.2. The van der Waals surface area contributed by atoms with Crippen LogP contribution in [-0.2, 0) is 7.05 Å². The van der Waals surface area contributed by atoms with E-state index >= 15 is 0 Å². The van der Waals surface area contributed by atoms with Crippen LogP contribution in [0.4, 0.5) is 5.69 Å². The number of amides is 2. The molecule has 2 heterocycles. The van der Waals surface area contributed by atoms with Crippen LogP contribution in [-0.4, -0.2) is 26.3 Å². The van der Waals surface area contributed by atoms with Gasteiger partial charge in [-0.05, 0) is 25.1 Å². The van der Waals surface area contributed by atoms with E-state index in [0.717, 1.165) is 11.3 Å². The van der Waals surface area contributed by atoms with Gasteiger partial charge in [0.25, 0.3) is 5.91 Å². The van der Waals surface area contributed by atoms with Crippen molar-refractivity contribution in [1.29, 1.82) is 0 Å². The summed E-state index contributed by atoms with van der Waals surface area (Å²) in [7, 11) is 1.68. The van der Waals surface area contributed by atoms with E-state index in [9.17, 15) is 9.59 Å².